The van der Waals surface area contributed by atoms with Gasteiger partial charge in [-0.2, -0.15) is 0 Å². The van der Waals surface area contributed by atoms with E-state index in [2.05, 4.69) is 22.1 Å². The average molecular weight is 222 g/mol. The van der Waals surface area contributed by atoms with Crippen LogP contribution in [0.2, 0.25) is 0 Å². The second-order valence-electron chi connectivity index (χ2n) is 3.62. The normalized spacial score (nSPS) is 12.7. The number of nitrogens with zero attached hydrogens (tertiary/aromatic N) is 2. The number of rotatable bonds is 1. The molecule has 0 N–H and O–H groups in total. The van der Waals surface area contributed by atoms with E-state index in [0.29, 0.717) is 5.88 Å². The summed E-state index contributed by atoms with van der Waals surface area (Å²) in [6, 6.07) is 12.1. The second kappa shape index (κ2) is 4.22. The topological polar surface area (TPSA) is 34.5 Å². The number of fused-ring (bicyclic) bond motifs is 1. The van der Waals surface area contributed by atoms with Gasteiger partial charge in [0.2, 0.25) is 5.88 Å². The Balaban J connectivity index is 2.19. The first kappa shape index (κ1) is 9.78. The predicted molar refractivity (Wildman–Crippen MR) is 67.0 cm³/mol. The predicted octanol–water partition coefficient (Wildman–Crippen LogP) is 3.03. The Kier molecular flexibility index (Phi) is 2.43. The number of ether oxygens (including phenoxy) is 1. The molecule has 3 nitrogen and oxygen atoms in total. The molecule has 0 amide bonds. The second-order valence-corrected chi connectivity index (χ2v) is 3.62. The fraction of sp³-hybridized carbons (Fsp3) is 0. The molecule has 0 atom stereocenters. The van der Waals surface area contributed by atoms with Crippen LogP contribution in [0.15, 0.2) is 60.0 Å². The maximum absolute atomic E-state index is 5.39. The number of hydrogen-bond acceptors (Lipinski definition) is 3. The molecule has 0 aliphatic carbocycles. The lowest BCUT2D eigenvalue weighted by atomic mass is 10.0. The van der Waals surface area contributed by atoms with Gasteiger partial charge in [-0.1, -0.05) is 30.3 Å². The van der Waals surface area contributed by atoms with E-state index in [1.54, 1.807) is 18.6 Å². The van der Waals surface area contributed by atoms with Crippen LogP contribution in [0, 0.1) is 0 Å². The van der Waals surface area contributed by atoms with Gasteiger partial charge in [-0.25, -0.2) is 4.98 Å². The van der Waals surface area contributed by atoms with E-state index >= 15 is 0 Å². The molecule has 3 rings (SSSR count). The fourth-order valence-electron chi connectivity index (χ4n) is 1.79. The van der Waals surface area contributed by atoms with Crippen molar-refractivity contribution >= 4 is 6.21 Å². The number of benzene rings is 1. The summed E-state index contributed by atoms with van der Waals surface area (Å²) < 4.78 is 5.39. The van der Waals surface area contributed by atoms with Crippen LogP contribution in [0.4, 0.5) is 0 Å². The Morgan fingerprint density at radius 3 is 2.76 bits per heavy atom. The van der Waals surface area contributed by atoms with Gasteiger partial charge in [0.05, 0.1) is 11.8 Å². The molecule has 0 fully saturated rings. The van der Waals surface area contributed by atoms with Gasteiger partial charge < -0.3 is 4.74 Å². The first-order chi connectivity index (χ1) is 8.45. The van der Waals surface area contributed by atoms with Crippen LogP contribution in [-0.4, -0.2) is 11.2 Å². The smallest absolute Gasteiger partial charge is 0.227 e. The number of pyridine rings is 1. The van der Waals surface area contributed by atoms with Gasteiger partial charge in [0.1, 0.15) is 6.26 Å². The average Bonchev–Trinajstić information content (AvgIpc) is 2.64. The van der Waals surface area contributed by atoms with Crippen LogP contribution in [0.1, 0.15) is 5.56 Å². The van der Waals surface area contributed by atoms with E-state index in [1.807, 2.05) is 24.3 Å². The Labute approximate surface area is 99.1 Å². The zero-order valence-corrected chi connectivity index (χ0v) is 9.08. The molecule has 2 heterocycles. The van der Waals surface area contributed by atoms with Gasteiger partial charge >= 0.3 is 0 Å². The van der Waals surface area contributed by atoms with Crippen molar-refractivity contribution in [3.05, 3.63) is 60.6 Å². The highest BCUT2D eigenvalue weighted by Gasteiger charge is 2.11. The van der Waals surface area contributed by atoms with Crippen LogP contribution in [0.25, 0.3) is 11.1 Å². The molecule has 1 aliphatic rings. The van der Waals surface area contributed by atoms with Crippen LogP contribution in [0.3, 0.4) is 0 Å². The summed E-state index contributed by atoms with van der Waals surface area (Å²) in [7, 11) is 0. The first-order valence-corrected chi connectivity index (χ1v) is 5.34. The molecule has 0 bridgehead atoms. The number of aromatic nitrogens is 1. The van der Waals surface area contributed by atoms with Crippen molar-refractivity contribution in [3.8, 4) is 17.0 Å². The highest BCUT2D eigenvalue weighted by atomic mass is 16.5. The summed E-state index contributed by atoms with van der Waals surface area (Å²) >= 11 is 0. The zero-order chi connectivity index (χ0) is 11.5. The Morgan fingerprint density at radius 2 is 1.88 bits per heavy atom. The largest absolute Gasteiger partial charge is 0.444 e. The Bertz CT molecular complexity index is 588. The van der Waals surface area contributed by atoms with Gasteiger partial charge in [-0.15, -0.1) is 0 Å². The van der Waals surface area contributed by atoms with E-state index in [9.17, 15) is 0 Å². The fourth-order valence-corrected chi connectivity index (χ4v) is 1.79. The summed E-state index contributed by atoms with van der Waals surface area (Å²) in [5.41, 5.74) is 3.11. The lowest BCUT2D eigenvalue weighted by molar-refractivity contribution is 0.461. The molecular formula is C14H10N2O. The van der Waals surface area contributed by atoms with E-state index in [-0.39, 0.29) is 0 Å². The summed E-state index contributed by atoms with van der Waals surface area (Å²) in [5, 5.41) is 0. The van der Waals surface area contributed by atoms with Gasteiger partial charge in [0.15, 0.2) is 0 Å². The van der Waals surface area contributed by atoms with Crippen LogP contribution >= 0.6 is 0 Å². The molecule has 1 aliphatic heterocycles. The molecule has 1 aromatic heterocycles. The molecule has 17 heavy (non-hydrogen) atoms. The molecule has 82 valence electrons. The maximum Gasteiger partial charge on any atom is 0.227 e. The molecule has 0 spiro atoms. The van der Waals surface area contributed by atoms with Crippen LogP contribution < -0.4 is 4.74 Å². The molecule has 3 heteroatoms. The Hall–Kier alpha value is -2.42. The SMILES string of the molecule is C1=COc2nccc(-c3ccccc3)c2C=N1. The third kappa shape index (κ3) is 1.83. The van der Waals surface area contributed by atoms with Crippen molar-refractivity contribution in [3.63, 3.8) is 0 Å². The van der Waals surface area contributed by atoms with Crippen molar-refractivity contribution in [1.82, 2.24) is 4.98 Å². The van der Waals surface area contributed by atoms with E-state index in [4.69, 9.17) is 4.74 Å². The minimum Gasteiger partial charge on any atom is -0.444 e. The van der Waals surface area contributed by atoms with E-state index in [0.717, 1.165) is 16.7 Å². The lowest BCUT2D eigenvalue weighted by Crippen LogP contribution is -1.95. The summed E-state index contributed by atoms with van der Waals surface area (Å²) in [5.74, 6) is 0.587. The molecular weight excluding hydrogens is 212 g/mol. The van der Waals surface area contributed by atoms with Crippen LogP contribution in [0.5, 0.6) is 5.88 Å². The van der Waals surface area contributed by atoms with Crippen molar-refractivity contribution < 1.29 is 4.74 Å². The van der Waals surface area contributed by atoms with E-state index in [1.165, 1.54) is 6.26 Å². The van der Waals surface area contributed by atoms with E-state index < -0.39 is 0 Å². The van der Waals surface area contributed by atoms with Crippen molar-refractivity contribution in [2.75, 3.05) is 0 Å². The van der Waals surface area contributed by atoms with Crippen LogP contribution in [-0.2, 0) is 0 Å². The monoisotopic (exact) mass is 222 g/mol. The molecule has 0 radical (unpaired) electrons. The third-order valence-corrected chi connectivity index (χ3v) is 2.57. The number of aliphatic imine (C=N–C) groups is 1. The maximum atomic E-state index is 5.39. The highest BCUT2D eigenvalue weighted by molar-refractivity contribution is 5.93. The molecule has 0 unspecified atom stereocenters. The summed E-state index contributed by atoms with van der Waals surface area (Å²) in [4.78, 5) is 8.33. The van der Waals surface area contributed by atoms with Gasteiger partial charge in [-0.3, -0.25) is 4.99 Å². The standard InChI is InChI=1S/C14H10N2O/c1-2-4-11(5-3-1)12-6-7-16-14-13(12)10-15-8-9-17-14/h1-10H. The molecule has 2 aromatic rings. The molecule has 1 aromatic carbocycles. The summed E-state index contributed by atoms with van der Waals surface area (Å²) in [6.45, 7) is 0. The molecule has 0 saturated carbocycles. The van der Waals surface area contributed by atoms with Gasteiger partial charge in [0.25, 0.3) is 0 Å². The first-order valence-electron chi connectivity index (χ1n) is 5.34. The van der Waals surface area contributed by atoms with Gasteiger partial charge in [-0.05, 0) is 17.2 Å². The quantitative estimate of drug-likeness (QED) is 0.743. The zero-order valence-electron chi connectivity index (χ0n) is 9.08. The summed E-state index contributed by atoms with van der Waals surface area (Å²) in [6.07, 6.45) is 6.66. The number of hydrogen-bond donors (Lipinski definition) is 0. The minimum absolute atomic E-state index is 0.587. The molecule has 0 saturated heterocycles. The Morgan fingerprint density at radius 1 is 1.00 bits per heavy atom. The minimum atomic E-state index is 0.587. The highest BCUT2D eigenvalue weighted by Crippen LogP contribution is 2.28. The third-order valence-electron chi connectivity index (χ3n) is 2.57. The van der Waals surface area contributed by atoms with Crippen molar-refractivity contribution in [1.29, 1.82) is 0 Å². The van der Waals surface area contributed by atoms with Crippen molar-refractivity contribution in [2.24, 2.45) is 4.99 Å². The lowest BCUT2D eigenvalue weighted by Gasteiger charge is -2.08. The van der Waals surface area contributed by atoms with Crippen molar-refractivity contribution in [2.45, 2.75) is 0 Å². The van der Waals surface area contributed by atoms with Gasteiger partial charge in [0, 0.05) is 12.4 Å².